The molecule has 1 aliphatic heterocycles. The number of ether oxygens (including phenoxy) is 2. The molecular formula is C21H36N4O3. The first-order valence-corrected chi connectivity index (χ1v) is 10.9. The Balaban J connectivity index is 1.72. The van der Waals surface area contributed by atoms with Crippen molar-refractivity contribution in [2.75, 3.05) is 46.1 Å². The predicted molar refractivity (Wildman–Crippen MR) is 109 cm³/mol. The van der Waals surface area contributed by atoms with E-state index in [-0.39, 0.29) is 5.91 Å². The van der Waals surface area contributed by atoms with Crippen LogP contribution < -0.4 is 5.32 Å². The third-order valence-corrected chi connectivity index (χ3v) is 5.49. The molecule has 3 rings (SSSR count). The first-order valence-electron chi connectivity index (χ1n) is 10.9. The van der Waals surface area contributed by atoms with Gasteiger partial charge in [0.1, 0.15) is 0 Å². The van der Waals surface area contributed by atoms with E-state index in [0.717, 1.165) is 57.6 Å². The highest BCUT2D eigenvalue weighted by atomic mass is 16.5. The second-order valence-electron chi connectivity index (χ2n) is 8.20. The quantitative estimate of drug-likeness (QED) is 0.650. The average Bonchev–Trinajstić information content (AvgIpc) is 3.05. The number of rotatable bonds is 9. The summed E-state index contributed by atoms with van der Waals surface area (Å²) in [6.07, 6.45) is 3.97. The van der Waals surface area contributed by atoms with Gasteiger partial charge in [-0.25, -0.2) is 0 Å². The second kappa shape index (κ2) is 10.4. The second-order valence-corrected chi connectivity index (χ2v) is 8.20. The molecule has 1 unspecified atom stereocenters. The van der Waals surface area contributed by atoms with Gasteiger partial charge in [-0.05, 0) is 45.1 Å². The van der Waals surface area contributed by atoms with Crippen molar-refractivity contribution in [2.24, 2.45) is 5.92 Å². The zero-order valence-electron chi connectivity index (χ0n) is 17.7. The molecule has 7 heteroatoms. The number of hydrogen-bond donors (Lipinski definition) is 1. The van der Waals surface area contributed by atoms with Crippen LogP contribution in [0.15, 0.2) is 0 Å². The number of nitrogens with zero attached hydrogens (tertiary/aromatic N) is 3. The summed E-state index contributed by atoms with van der Waals surface area (Å²) in [7, 11) is 0. The first kappa shape index (κ1) is 21.3. The number of carbonyl (C=O) groups excluding carboxylic acids is 1. The van der Waals surface area contributed by atoms with Gasteiger partial charge in [0.05, 0.1) is 13.2 Å². The topological polar surface area (TPSA) is 68.6 Å². The molecule has 0 bridgehead atoms. The molecule has 1 atom stereocenters. The SMILES string of the molecule is CCOCCCNC1CCc2c(c(C(=O)N3CCOCC3)nn2CC(C)C)C1. The molecule has 2 aliphatic rings. The fourth-order valence-corrected chi connectivity index (χ4v) is 4.07. The van der Waals surface area contributed by atoms with Crippen molar-refractivity contribution in [1.82, 2.24) is 20.0 Å². The molecule has 28 heavy (non-hydrogen) atoms. The van der Waals surface area contributed by atoms with E-state index in [1.165, 1.54) is 5.69 Å². The standard InChI is InChI=1S/C21H36N4O3/c1-4-27-11-5-8-22-17-6-7-19-18(14-17)20(23-25(19)15-16(2)3)21(26)24-9-12-28-13-10-24/h16-17,22H,4-15H2,1-3H3. The van der Waals surface area contributed by atoms with Crippen molar-refractivity contribution in [3.05, 3.63) is 17.0 Å². The van der Waals surface area contributed by atoms with Crippen LogP contribution in [-0.2, 0) is 28.9 Å². The van der Waals surface area contributed by atoms with Crippen molar-refractivity contribution < 1.29 is 14.3 Å². The normalized spacial score (nSPS) is 19.9. The lowest BCUT2D eigenvalue weighted by Crippen LogP contribution is -2.42. The van der Waals surface area contributed by atoms with E-state index in [1.807, 2.05) is 11.8 Å². The van der Waals surface area contributed by atoms with Crippen LogP contribution in [0.25, 0.3) is 0 Å². The van der Waals surface area contributed by atoms with Crippen LogP contribution in [-0.4, -0.2) is 72.7 Å². The summed E-state index contributed by atoms with van der Waals surface area (Å²) in [5, 5.41) is 8.45. The van der Waals surface area contributed by atoms with Gasteiger partial charge in [0.2, 0.25) is 0 Å². The van der Waals surface area contributed by atoms with Gasteiger partial charge < -0.3 is 19.7 Å². The predicted octanol–water partition coefficient (Wildman–Crippen LogP) is 1.89. The van der Waals surface area contributed by atoms with Gasteiger partial charge in [-0.15, -0.1) is 0 Å². The Morgan fingerprint density at radius 2 is 2.14 bits per heavy atom. The molecule has 1 saturated heterocycles. The van der Waals surface area contributed by atoms with Gasteiger partial charge in [-0.2, -0.15) is 5.10 Å². The van der Waals surface area contributed by atoms with Gasteiger partial charge in [0.25, 0.3) is 5.91 Å². The van der Waals surface area contributed by atoms with Crippen LogP contribution in [0.4, 0.5) is 0 Å². The number of fused-ring (bicyclic) bond motifs is 1. The molecule has 1 aromatic rings. The van der Waals surface area contributed by atoms with Crippen molar-refractivity contribution in [1.29, 1.82) is 0 Å². The molecule has 1 N–H and O–H groups in total. The van der Waals surface area contributed by atoms with Crippen LogP contribution in [0.3, 0.4) is 0 Å². The largest absolute Gasteiger partial charge is 0.382 e. The fourth-order valence-electron chi connectivity index (χ4n) is 4.07. The Hall–Kier alpha value is -1.44. The summed E-state index contributed by atoms with van der Waals surface area (Å²) >= 11 is 0. The number of morpholine rings is 1. The highest BCUT2D eigenvalue weighted by Crippen LogP contribution is 2.27. The van der Waals surface area contributed by atoms with Crippen molar-refractivity contribution in [3.8, 4) is 0 Å². The summed E-state index contributed by atoms with van der Waals surface area (Å²) in [6, 6.07) is 0.405. The minimum Gasteiger partial charge on any atom is -0.382 e. The maximum atomic E-state index is 13.2. The van der Waals surface area contributed by atoms with E-state index < -0.39 is 0 Å². The summed E-state index contributed by atoms with van der Waals surface area (Å²) in [4.78, 5) is 15.1. The van der Waals surface area contributed by atoms with Gasteiger partial charge >= 0.3 is 0 Å². The summed E-state index contributed by atoms with van der Waals surface area (Å²) in [5.74, 6) is 0.573. The maximum absolute atomic E-state index is 13.2. The summed E-state index contributed by atoms with van der Waals surface area (Å²) in [6.45, 7) is 12.4. The van der Waals surface area contributed by atoms with E-state index in [1.54, 1.807) is 0 Å². The van der Waals surface area contributed by atoms with E-state index in [9.17, 15) is 4.79 Å². The Labute approximate surface area is 168 Å². The minimum atomic E-state index is 0.0686. The molecule has 0 saturated carbocycles. The average molecular weight is 393 g/mol. The van der Waals surface area contributed by atoms with Crippen molar-refractivity contribution >= 4 is 5.91 Å². The molecule has 2 heterocycles. The molecule has 0 aromatic carbocycles. The number of aromatic nitrogens is 2. The lowest BCUT2D eigenvalue weighted by molar-refractivity contribution is 0.0297. The Kier molecular flexibility index (Phi) is 7.88. The van der Waals surface area contributed by atoms with Gasteiger partial charge in [0.15, 0.2) is 5.69 Å². The zero-order chi connectivity index (χ0) is 19.9. The van der Waals surface area contributed by atoms with Crippen LogP contribution in [0.2, 0.25) is 0 Å². The molecular weight excluding hydrogens is 356 g/mol. The summed E-state index contributed by atoms with van der Waals surface area (Å²) < 4.78 is 12.9. The number of carbonyl (C=O) groups is 1. The molecule has 7 nitrogen and oxygen atoms in total. The van der Waals surface area contributed by atoms with Crippen molar-refractivity contribution in [3.63, 3.8) is 0 Å². The summed E-state index contributed by atoms with van der Waals surface area (Å²) in [5.41, 5.74) is 3.08. The Morgan fingerprint density at radius 3 is 2.86 bits per heavy atom. The molecule has 0 spiro atoms. The van der Waals surface area contributed by atoms with Crippen LogP contribution in [0, 0.1) is 5.92 Å². The van der Waals surface area contributed by atoms with Crippen LogP contribution in [0.1, 0.15) is 55.4 Å². The van der Waals surface area contributed by atoms with Crippen LogP contribution >= 0.6 is 0 Å². The third kappa shape index (κ3) is 5.33. The van der Waals surface area contributed by atoms with Gasteiger partial charge in [-0.1, -0.05) is 13.8 Å². The number of nitrogens with one attached hydrogen (secondary N) is 1. The lowest BCUT2D eigenvalue weighted by atomic mass is 9.91. The monoisotopic (exact) mass is 392 g/mol. The maximum Gasteiger partial charge on any atom is 0.274 e. The minimum absolute atomic E-state index is 0.0686. The molecule has 158 valence electrons. The zero-order valence-corrected chi connectivity index (χ0v) is 17.7. The van der Waals surface area contributed by atoms with Crippen LogP contribution in [0.5, 0.6) is 0 Å². The highest BCUT2D eigenvalue weighted by Gasteiger charge is 2.31. The van der Waals surface area contributed by atoms with Gasteiger partial charge in [0, 0.05) is 50.1 Å². The van der Waals surface area contributed by atoms with E-state index in [2.05, 4.69) is 23.8 Å². The molecule has 0 radical (unpaired) electrons. The highest BCUT2D eigenvalue weighted by molar-refractivity contribution is 5.94. The molecule has 1 aromatic heterocycles. The van der Waals surface area contributed by atoms with Crippen molar-refractivity contribution in [2.45, 2.75) is 59.0 Å². The molecule has 1 fully saturated rings. The lowest BCUT2D eigenvalue weighted by Gasteiger charge is -2.28. The number of hydrogen-bond acceptors (Lipinski definition) is 5. The Bertz CT molecular complexity index is 638. The van der Waals surface area contributed by atoms with Gasteiger partial charge in [-0.3, -0.25) is 9.48 Å². The van der Waals surface area contributed by atoms with E-state index >= 15 is 0 Å². The van der Waals surface area contributed by atoms with E-state index in [0.29, 0.717) is 44.0 Å². The molecule has 1 amide bonds. The first-order chi connectivity index (χ1) is 13.6. The third-order valence-electron chi connectivity index (χ3n) is 5.49. The fraction of sp³-hybridized carbons (Fsp3) is 0.810. The van der Waals surface area contributed by atoms with E-state index in [4.69, 9.17) is 14.6 Å². The Morgan fingerprint density at radius 1 is 1.36 bits per heavy atom. The molecule has 1 aliphatic carbocycles. The number of amides is 1. The smallest absolute Gasteiger partial charge is 0.274 e.